The number of rotatable bonds is 2. The van der Waals surface area contributed by atoms with E-state index in [0.717, 1.165) is 5.65 Å². The second-order valence-corrected chi connectivity index (χ2v) is 2.97. The summed E-state index contributed by atoms with van der Waals surface area (Å²) < 4.78 is 1.73. The number of carbonyl (C=O) groups is 1. The molecule has 1 unspecified atom stereocenters. The minimum atomic E-state index is -1.04. The van der Waals surface area contributed by atoms with Gasteiger partial charge in [-0.05, 0) is 11.6 Å². The number of hydrogen-bond donors (Lipinski definition) is 2. The van der Waals surface area contributed by atoms with Crippen LogP contribution >= 0.6 is 0 Å². The molecule has 2 heterocycles. The Balaban J connectivity index is 2.48. The molecule has 1 atom stereocenters. The summed E-state index contributed by atoms with van der Waals surface area (Å²) in [7, 11) is 0. The lowest BCUT2D eigenvalue weighted by molar-refractivity contribution is -0.138. The van der Waals surface area contributed by atoms with E-state index in [9.17, 15) is 4.79 Å². The maximum absolute atomic E-state index is 10.6. The van der Waals surface area contributed by atoms with Crippen LogP contribution in [0.25, 0.3) is 5.65 Å². The molecule has 0 aliphatic carbocycles. The summed E-state index contributed by atoms with van der Waals surface area (Å²) in [6, 6.07) is 2.42. The second-order valence-electron chi connectivity index (χ2n) is 2.97. The molecule has 0 aromatic carbocycles. The van der Waals surface area contributed by atoms with E-state index in [1.165, 1.54) is 0 Å². The first kappa shape index (κ1) is 8.71. The van der Waals surface area contributed by atoms with Crippen LogP contribution in [0.15, 0.2) is 30.7 Å². The highest BCUT2D eigenvalue weighted by Gasteiger charge is 2.14. The van der Waals surface area contributed by atoms with Crippen LogP contribution in [0.1, 0.15) is 11.6 Å². The molecule has 0 spiro atoms. The van der Waals surface area contributed by atoms with E-state index >= 15 is 0 Å². The summed E-state index contributed by atoms with van der Waals surface area (Å²) in [6.45, 7) is 0. The Morgan fingerprint density at radius 3 is 3.07 bits per heavy atom. The predicted octanol–water partition coefficient (Wildman–Crippen LogP) is 0.419. The molecule has 0 radical (unpaired) electrons. The molecule has 14 heavy (non-hydrogen) atoms. The number of pyridine rings is 1. The molecule has 3 N–H and O–H groups in total. The van der Waals surface area contributed by atoms with Crippen LogP contribution in [0.2, 0.25) is 0 Å². The number of nitrogens with two attached hydrogens (primary N) is 1. The molecule has 2 aromatic heterocycles. The maximum atomic E-state index is 10.6. The lowest BCUT2D eigenvalue weighted by Gasteiger charge is -2.06. The van der Waals surface area contributed by atoms with Gasteiger partial charge in [0.05, 0.1) is 0 Å². The molecule has 0 saturated carbocycles. The van der Waals surface area contributed by atoms with Crippen molar-refractivity contribution in [2.45, 2.75) is 6.04 Å². The zero-order chi connectivity index (χ0) is 10.1. The monoisotopic (exact) mass is 191 g/mol. The molecule has 2 aromatic rings. The Morgan fingerprint density at radius 2 is 2.36 bits per heavy atom. The lowest BCUT2D eigenvalue weighted by atomic mass is 10.1. The molecule has 2 rings (SSSR count). The Hall–Kier alpha value is -1.88. The first-order valence-corrected chi connectivity index (χ1v) is 4.09. The van der Waals surface area contributed by atoms with Gasteiger partial charge in [-0.15, -0.1) is 0 Å². The fraction of sp³-hybridized carbons (Fsp3) is 0.111. The summed E-state index contributed by atoms with van der Waals surface area (Å²) >= 11 is 0. The first-order chi connectivity index (χ1) is 6.68. The summed E-state index contributed by atoms with van der Waals surface area (Å²) in [6.07, 6.45) is 5.06. The predicted molar refractivity (Wildman–Crippen MR) is 49.8 cm³/mol. The number of aromatic nitrogens is 2. The van der Waals surface area contributed by atoms with Crippen molar-refractivity contribution in [1.82, 2.24) is 9.38 Å². The van der Waals surface area contributed by atoms with Crippen molar-refractivity contribution in [2.24, 2.45) is 5.73 Å². The molecule has 0 amide bonds. The van der Waals surface area contributed by atoms with Gasteiger partial charge < -0.3 is 15.2 Å². The first-order valence-electron chi connectivity index (χ1n) is 4.09. The summed E-state index contributed by atoms with van der Waals surface area (Å²) in [5, 5.41) is 8.71. The minimum Gasteiger partial charge on any atom is -0.480 e. The van der Waals surface area contributed by atoms with Gasteiger partial charge in [0, 0.05) is 18.6 Å². The van der Waals surface area contributed by atoms with E-state index in [-0.39, 0.29) is 0 Å². The van der Waals surface area contributed by atoms with Crippen LogP contribution < -0.4 is 5.73 Å². The molecule has 0 saturated heterocycles. The minimum absolute atomic E-state index is 0.558. The van der Waals surface area contributed by atoms with Crippen LogP contribution in [0.5, 0.6) is 0 Å². The van der Waals surface area contributed by atoms with Gasteiger partial charge in [0.15, 0.2) is 0 Å². The van der Waals surface area contributed by atoms with Crippen molar-refractivity contribution in [3.8, 4) is 0 Å². The van der Waals surface area contributed by atoms with Crippen molar-refractivity contribution >= 4 is 11.6 Å². The SMILES string of the molecule is NC(C(=O)O)c1ccc2nccn2c1. The van der Waals surface area contributed by atoms with Crippen molar-refractivity contribution in [3.05, 3.63) is 36.3 Å². The van der Waals surface area contributed by atoms with Gasteiger partial charge in [-0.3, -0.25) is 4.79 Å². The number of imidazole rings is 1. The van der Waals surface area contributed by atoms with Gasteiger partial charge in [0.1, 0.15) is 11.7 Å². The van der Waals surface area contributed by atoms with E-state index in [0.29, 0.717) is 5.56 Å². The highest BCUT2D eigenvalue weighted by molar-refractivity contribution is 5.75. The number of hydrogen-bond acceptors (Lipinski definition) is 3. The van der Waals surface area contributed by atoms with Crippen molar-refractivity contribution in [1.29, 1.82) is 0 Å². The van der Waals surface area contributed by atoms with Gasteiger partial charge in [-0.2, -0.15) is 0 Å². The van der Waals surface area contributed by atoms with Gasteiger partial charge in [0.25, 0.3) is 0 Å². The molecule has 0 fully saturated rings. The summed E-state index contributed by atoms with van der Waals surface area (Å²) in [5.74, 6) is -1.04. The quantitative estimate of drug-likeness (QED) is 0.720. The van der Waals surface area contributed by atoms with Crippen molar-refractivity contribution < 1.29 is 9.90 Å². The summed E-state index contributed by atoms with van der Waals surface area (Å²) in [4.78, 5) is 14.7. The highest BCUT2D eigenvalue weighted by Crippen LogP contribution is 2.11. The van der Waals surface area contributed by atoms with E-state index in [2.05, 4.69) is 4.98 Å². The van der Waals surface area contributed by atoms with Crippen molar-refractivity contribution in [3.63, 3.8) is 0 Å². The van der Waals surface area contributed by atoms with E-state index in [1.807, 2.05) is 0 Å². The zero-order valence-electron chi connectivity index (χ0n) is 7.29. The van der Waals surface area contributed by atoms with Crippen LogP contribution in [0.4, 0.5) is 0 Å². The molecule has 72 valence electrons. The number of carboxylic acids is 1. The molecular weight excluding hydrogens is 182 g/mol. The van der Waals surface area contributed by atoms with Crippen molar-refractivity contribution in [2.75, 3.05) is 0 Å². The Kier molecular flexibility index (Phi) is 1.94. The average molecular weight is 191 g/mol. The highest BCUT2D eigenvalue weighted by atomic mass is 16.4. The largest absolute Gasteiger partial charge is 0.480 e. The molecule has 5 heteroatoms. The number of carboxylic acid groups (broad SMARTS) is 1. The third-order valence-corrected chi connectivity index (χ3v) is 2.04. The van der Waals surface area contributed by atoms with E-state index < -0.39 is 12.0 Å². The molecular formula is C9H9N3O2. The van der Waals surface area contributed by atoms with Gasteiger partial charge >= 0.3 is 5.97 Å². The third-order valence-electron chi connectivity index (χ3n) is 2.04. The normalized spacial score (nSPS) is 12.9. The average Bonchev–Trinajstić information content (AvgIpc) is 2.62. The smallest absolute Gasteiger partial charge is 0.325 e. The van der Waals surface area contributed by atoms with Crippen LogP contribution in [-0.2, 0) is 4.79 Å². The molecule has 0 aliphatic heterocycles. The van der Waals surface area contributed by atoms with Crippen LogP contribution in [0.3, 0.4) is 0 Å². The Labute approximate surface area is 79.8 Å². The van der Waals surface area contributed by atoms with Crippen LogP contribution in [0, 0.1) is 0 Å². The zero-order valence-corrected chi connectivity index (χ0v) is 7.29. The molecule has 0 bridgehead atoms. The maximum Gasteiger partial charge on any atom is 0.325 e. The van der Waals surface area contributed by atoms with Gasteiger partial charge in [-0.1, -0.05) is 6.07 Å². The topological polar surface area (TPSA) is 80.6 Å². The number of aliphatic carboxylic acids is 1. The molecule has 5 nitrogen and oxygen atoms in total. The van der Waals surface area contributed by atoms with Gasteiger partial charge in [-0.25, -0.2) is 4.98 Å². The van der Waals surface area contributed by atoms with Crippen LogP contribution in [-0.4, -0.2) is 20.5 Å². The second kappa shape index (κ2) is 3.12. The van der Waals surface area contributed by atoms with E-state index in [1.54, 1.807) is 35.1 Å². The Morgan fingerprint density at radius 1 is 1.57 bits per heavy atom. The standard InChI is InChI=1S/C9H9N3O2/c10-8(9(13)14)6-1-2-7-11-3-4-12(7)5-6/h1-5,8H,10H2,(H,13,14). The summed E-state index contributed by atoms with van der Waals surface area (Å²) in [5.41, 5.74) is 6.79. The lowest BCUT2D eigenvalue weighted by Crippen LogP contribution is -2.20. The van der Waals surface area contributed by atoms with Gasteiger partial charge in [0.2, 0.25) is 0 Å². The Bertz CT molecular complexity index is 478. The molecule has 0 aliphatic rings. The fourth-order valence-corrected chi connectivity index (χ4v) is 1.26. The van der Waals surface area contributed by atoms with E-state index in [4.69, 9.17) is 10.8 Å². The number of fused-ring (bicyclic) bond motifs is 1. The third kappa shape index (κ3) is 1.33. The number of nitrogens with zero attached hydrogens (tertiary/aromatic N) is 2. The fourth-order valence-electron chi connectivity index (χ4n) is 1.26.